The van der Waals surface area contributed by atoms with Gasteiger partial charge in [0.2, 0.25) is 0 Å². The van der Waals surface area contributed by atoms with Crippen LogP contribution in [-0.2, 0) is 23.7 Å². The number of ether oxygens (including phenoxy) is 4. The van der Waals surface area contributed by atoms with Gasteiger partial charge in [-0.15, -0.1) is 0 Å². The first kappa shape index (κ1) is 11.4. The Kier molecular flexibility index (Phi) is 4.31. The van der Waals surface area contributed by atoms with E-state index in [2.05, 4.69) is 0 Å². The Morgan fingerprint density at radius 2 is 2.00 bits per heavy atom. The molecule has 0 bridgehead atoms. The van der Waals surface area contributed by atoms with E-state index in [1.165, 1.54) is 14.0 Å². The van der Waals surface area contributed by atoms with Crippen LogP contribution in [-0.4, -0.2) is 38.9 Å². The van der Waals surface area contributed by atoms with Crippen molar-refractivity contribution in [2.45, 2.75) is 38.4 Å². The first-order chi connectivity index (χ1) is 6.67. The molecule has 1 heterocycles. The maximum absolute atomic E-state index is 10.8. The first-order valence-corrected chi connectivity index (χ1v) is 4.55. The van der Waals surface area contributed by atoms with Crippen molar-refractivity contribution >= 4 is 5.97 Å². The summed E-state index contributed by atoms with van der Waals surface area (Å²) < 4.78 is 20.5. The van der Waals surface area contributed by atoms with Gasteiger partial charge in [0.25, 0.3) is 0 Å². The maximum atomic E-state index is 10.8. The summed E-state index contributed by atoms with van der Waals surface area (Å²) >= 11 is 0. The Hall–Kier alpha value is -0.650. The molecule has 0 aromatic rings. The number of hydrogen-bond acceptors (Lipinski definition) is 5. The van der Waals surface area contributed by atoms with E-state index < -0.39 is 6.29 Å². The molecule has 0 spiro atoms. The highest BCUT2D eigenvalue weighted by Crippen LogP contribution is 2.23. The number of esters is 1. The highest BCUT2D eigenvalue weighted by molar-refractivity contribution is 5.66. The predicted molar refractivity (Wildman–Crippen MR) is 47.5 cm³/mol. The lowest BCUT2D eigenvalue weighted by atomic mass is 10.1. The van der Waals surface area contributed by atoms with Crippen LogP contribution in [0.15, 0.2) is 0 Å². The van der Waals surface area contributed by atoms with Crippen molar-refractivity contribution in [3.8, 4) is 0 Å². The van der Waals surface area contributed by atoms with Gasteiger partial charge in [0.05, 0.1) is 0 Å². The summed E-state index contributed by atoms with van der Waals surface area (Å²) in [5.41, 5.74) is 0. The molecule has 1 saturated heterocycles. The van der Waals surface area contributed by atoms with Crippen molar-refractivity contribution in [1.82, 2.24) is 0 Å². The Morgan fingerprint density at radius 3 is 2.50 bits per heavy atom. The first-order valence-electron chi connectivity index (χ1n) is 4.55. The third kappa shape index (κ3) is 2.94. The minimum atomic E-state index is -0.530. The average molecular weight is 204 g/mol. The van der Waals surface area contributed by atoms with E-state index in [1.807, 2.05) is 0 Å². The minimum absolute atomic E-state index is 0.272. The van der Waals surface area contributed by atoms with Crippen LogP contribution in [0.2, 0.25) is 0 Å². The lowest BCUT2D eigenvalue weighted by Gasteiger charge is -2.33. The average Bonchev–Trinajstić information content (AvgIpc) is 2.17. The Balaban J connectivity index is 2.47. The second kappa shape index (κ2) is 5.29. The van der Waals surface area contributed by atoms with E-state index in [0.29, 0.717) is 12.8 Å². The number of carbonyl (C=O) groups excluding carboxylic acids is 1. The van der Waals surface area contributed by atoms with Crippen LogP contribution < -0.4 is 0 Å². The van der Waals surface area contributed by atoms with Gasteiger partial charge in [-0.05, 0) is 6.42 Å². The molecule has 1 fully saturated rings. The normalized spacial score (nSPS) is 32.6. The second-order valence-electron chi connectivity index (χ2n) is 3.13. The molecular formula is C9H16O5. The van der Waals surface area contributed by atoms with Crippen molar-refractivity contribution in [3.63, 3.8) is 0 Å². The molecule has 82 valence electrons. The zero-order valence-electron chi connectivity index (χ0n) is 8.69. The molecule has 1 aliphatic heterocycles. The van der Waals surface area contributed by atoms with Crippen LogP contribution >= 0.6 is 0 Å². The summed E-state index contributed by atoms with van der Waals surface area (Å²) in [6.07, 6.45) is 0.263. The van der Waals surface area contributed by atoms with Gasteiger partial charge in [-0.1, -0.05) is 0 Å². The monoisotopic (exact) mass is 204 g/mol. The van der Waals surface area contributed by atoms with Gasteiger partial charge in [0, 0.05) is 27.6 Å². The third-order valence-corrected chi connectivity index (χ3v) is 2.09. The van der Waals surface area contributed by atoms with Gasteiger partial charge in [-0.3, -0.25) is 4.79 Å². The van der Waals surface area contributed by atoms with Crippen LogP contribution in [0.3, 0.4) is 0 Å². The molecular weight excluding hydrogens is 188 g/mol. The summed E-state index contributed by atoms with van der Waals surface area (Å²) in [5.74, 6) is -0.323. The van der Waals surface area contributed by atoms with Gasteiger partial charge >= 0.3 is 5.97 Å². The zero-order chi connectivity index (χ0) is 10.6. The van der Waals surface area contributed by atoms with Gasteiger partial charge in [0.1, 0.15) is 0 Å². The van der Waals surface area contributed by atoms with Crippen LogP contribution in [0.5, 0.6) is 0 Å². The SMILES string of the molecule is COC1CC[C@@H](OC(C)=O)[C@H](OC)O1. The number of hydrogen-bond donors (Lipinski definition) is 0. The van der Waals surface area contributed by atoms with Crippen LogP contribution in [0.1, 0.15) is 19.8 Å². The number of carbonyl (C=O) groups is 1. The number of methoxy groups -OCH3 is 2. The highest BCUT2D eigenvalue weighted by Gasteiger charge is 2.33. The smallest absolute Gasteiger partial charge is 0.303 e. The predicted octanol–water partition coefficient (Wildman–Crippen LogP) is 0.673. The van der Waals surface area contributed by atoms with Gasteiger partial charge in [0.15, 0.2) is 18.7 Å². The largest absolute Gasteiger partial charge is 0.457 e. The van der Waals surface area contributed by atoms with Gasteiger partial charge in [-0.2, -0.15) is 0 Å². The van der Waals surface area contributed by atoms with Crippen molar-refractivity contribution in [2.24, 2.45) is 0 Å². The summed E-state index contributed by atoms with van der Waals surface area (Å²) in [6, 6.07) is 0. The molecule has 0 aromatic heterocycles. The summed E-state index contributed by atoms with van der Waals surface area (Å²) in [7, 11) is 3.09. The molecule has 5 nitrogen and oxygen atoms in total. The lowest BCUT2D eigenvalue weighted by Crippen LogP contribution is -2.42. The maximum Gasteiger partial charge on any atom is 0.303 e. The van der Waals surface area contributed by atoms with Crippen LogP contribution in [0.25, 0.3) is 0 Å². The van der Waals surface area contributed by atoms with Crippen molar-refractivity contribution < 1.29 is 23.7 Å². The van der Waals surface area contributed by atoms with E-state index >= 15 is 0 Å². The van der Waals surface area contributed by atoms with E-state index in [1.54, 1.807) is 7.11 Å². The fraction of sp³-hybridized carbons (Fsp3) is 0.889. The quantitative estimate of drug-likeness (QED) is 0.632. The van der Waals surface area contributed by atoms with Gasteiger partial charge in [-0.25, -0.2) is 0 Å². The molecule has 1 rings (SSSR count). The number of rotatable bonds is 3. The molecule has 3 atom stereocenters. The minimum Gasteiger partial charge on any atom is -0.457 e. The van der Waals surface area contributed by atoms with E-state index in [4.69, 9.17) is 18.9 Å². The molecule has 0 aliphatic carbocycles. The van der Waals surface area contributed by atoms with Gasteiger partial charge < -0.3 is 18.9 Å². The molecule has 0 N–H and O–H groups in total. The zero-order valence-corrected chi connectivity index (χ0v) is 8.69. The van der Waals surface area contributed by atoms with E-state index in [9.17, 15) is 4.79 Å². The molecule has 0 aromatic carbocycles. The van der Waals surface area contributed by atoms with Crippen LogP contribution in [0, 0.1) is 0 Å². The summed E-state index contributed by atoms with van der Waals surface area (Å²) in [5, 5.41) is 0. The molecule has 1 aliphatic rings. The molecule has 0 amide bonds. The second-order valence-corrected chi connectivity index (χ2v) is 3.13. The van der Waals surface area contributed by atoms with Crippen molar-refractivity contribution in [1.29, 1.82) is 0 Å². The van der Waals surface area contributed by atoms with Crippen molar-refractivity contribution in [2.75, 3.05) is 14.2 Å². The summed E-state index contributed by atoms with van der Waals surface area (Å²) in [6.45, 7) is 1.37. The molecule has 0 radical (unpaired) electrons. The molecule has 0 saturated carbocycles. The Bertz CT molecular complexity index is 194. The Morgan fingerprint density at radius 1 is 1.29 bits per heavy atom. The van der Waals surface area contributed by atoms with E-state index in [0.717, 1.165) is 0 Å². The Labute approximate surface area is 83.3 Å². The van der Waals surface area contributed by atoms with Crippen LogP contribution in [0.4, 0.5) is 0 Å². The fourth-order valence-corrected chi connectivity index (χ4v) is 1.45. The topological polar surface area (TPSA) is 54.0 Å². The standard InChI is InChI=1S/C9H16O5/c1-6(10)13-7-4-5-8(11-2)14-9(7)12-3/h7-9H,4-5H2,1-3H3/t7-,8?,9-/m1/s1. The molecule has 5 heteroatoms. The molecule has 1 unspecified atom stereocenters. The fourth-order valence-electron chi connectivity index (χ4n) is 1.45. The van der Waals surface area contributed by atoms with E-state index in [-0.39, 0.29) is 18.4 Å². The molecule has 14 heavy (non-hydrogen) atoms. The lowest BCUT2D eigenvalue weighted by molar-refractivity contribution is -0.287. The summed E-state index contributed by atoms with van der Waals surface area (Å²) in [4.78, 5) is 10.8. The highest BCUT2D eigenvalue weighted by atomic mass is 16.8. The van der Waals surface area contributed by atoms with Crippen molar-refractivity contribution in [3.05, 3.63) is 0 Å². The third-order valence-electron chi connectivity index (χ3n) is 2.09.